The predicted molar refractivity (Wildman–Crippen MR) is 108 cm³/mol. The second kappa shape index (κ2) is 9.60. The fourth-order valence-corrected chi connectivity index (χ4v) is 3.52. The molecule has 4 nitrogen and oxygen atoms in total. The lowest BCUT2D eigenvalue weighted by atomic mass is 9.96. The summed E-state index contributed by atoms with van der Waals surface area (Å²) in [5, 5.41) is 0. The molecule has 2 atom stereocenters. The minimum atomic E-state index is 0.226. The van der Waals surface area contributed by atoms with Crippen molar-refractivity contribution < 1.29 is 4.74 Å². The second-order valence-corrected chi connectivity index (χ2v) is 7.09. The van der Waals surface area contributed by atoms with Gasteiger partial charge < -0.3 is 10.5 Å². The molecule has 0 amide bonds. The Bertz CT molecular complexity index is 689. The molecule has 3 rings (SSSR count). The Balaban J connectivity index is 1.53. The summed E-state index contributed by atoms with van der Waals surface area (Å²) in [5.41, 5.74) is 16.2. The van der Waals surface area contributed by atoms with Gasteiger partial charge in [0.15, 0.2) is 0 Å². The number of nitrogen functional groups attached to an aromatic ring is 1. The summed E-state index contributed by atoms with van der Waals surface area (Å²) in [6, 6.07) is 17.0. The van der Waals surface area contributed by atoms with Crippen molar-refractivity contribution in [3.8, 4) is 5.75 Å². The lowest BCUT2D eigenvalue weighted by molar-refractivity contribution is 0.304. The molecular formula is C22H31N3O. The van der Waals surface area contributed by atoms with Gasteiger partial charge in [-0.15, -0.1) is 0 Å². The fourth-order valence-electron chi connectivity index (χ4n) is 3.52. The number of nitrogens with two attached hydrogens (primary N) is 1. The van der Waals surface area contributed by atoms with E-state index >= 15 is 0 Å². The van der Waals surface area contributed by atoms with Crippen LogP contribution in [0.15, 0.2) is 48.5 Å². The Hall–Kier alpha value is -2.04. The smallest absolute Gasteiger partial charge is 0.119 e. The van der Waals surface area contributed by atoms with Gasteiger partial charge in [0.25, 0.3) is 0 Å². The number of ether oxygens (including phenoxy) is 1. The molecule has 2 unspecified atom stereocenters. The molecule has 0 bridgehead atoms. The van der Waals surface area contributed by atoms with E-state index in [0.717, 1.165) is 36.4 Å². The molecule has 0 aliphatic carbocycles. The van der Waals surface area contributed by atoms with E-state index in [4.69, 9.17) is 10.5 Å². The SMILES string of the molecule is CCCCCCCOc1cccc(C2CC(c3ccccc3N)NN2)c1. The van der Waals surface area contributed by atoms with Crippen LogP contribution in [0.2, 0.25) is 0 Å². The lowest BCUT2D eigenvalue weighted by Crippen LogP contribution is -2.27. The standard InChI is InChI=1S/C22H31N3O/c1-2-3-4-5-8-14-26-18-11-9-10-17(15-18)21-16-22(25-24-21)19-12-6-7-13-20(19)23/h6-7,9-13,15,21-22,24-25H,2-5,8,14,16,23H2,1H3. The molecular weight excluding hydrogens is 322 g/mol. The van der Waals surface area contributed by atoms with Crippen LogP contribution in [0.5, 0.6) is 5.75 Å². The number of unbranched alkanes of at least 4 members (excludes halogenated alkanes) is 4. The maximum atomic E-state index is 6.12. The molecule has 1 saturated heterocycles. The van der Waals surface area contributed by atoms with Crippen molar-refractivity contribution in [1.82, 2.24) is 10.9 Å². The summed E-state index contributed by atoms with van der Waals surface area (Å²) in [5.74, 6) is 0.961. The van der Waals surface area contributed by atoms with E-state index in [1.165, 1.54) is 31.2 Å². The van der Waals surface area contributed by atoms with Gasteiger partial charge in [0.1, 0.15) is 5.75 Å². The number of hydrogen-bond acceptors (Lipinski definition) is 4. The first-order chi connectivity index (χ1) is 12.8. The highest BCUT2D eigenvalue weighted by Crippen LogP contribution is 2.34. The molecule has 0 saturated carbocycles. The summed E-state index contributed by atoms with van der Waals surface area (Å²) in [7, 11) is 0. The minimum absolute atomic E-state index is 0.226. The monoisotopic (exact) mass is 353 g/mol. The Morgan fingerprint density at radius 1 is 0.962 bits per heavy atom. The van der Waals surface area contributed by atoms with E-state index in [1.54, 1.807) is 0 Å². The Kier molecular flexibility index (Phi) is 6.92. The van der Waals surface area contributed by atoms with Crippen LogP contribution in [-0.4, -0.2) is 6.61 Å². The molecule has 1 fully saturated rings. The molecule has 4 N–H and O–H groups in total. The molecule has 1 aliphatic heterocycles. The van der Waals surface area contributed by atoms with Gasteiger partial charge in [0.05, 0.1) is 12.6 Å². The van der Waals surface area contributed by atoms with E-state index in [-0.39, 0.29) is 12.1 Å². The van der Waals surface area contributed by atoms with E-state index in [9.17, 15) is 0 Å². The fraction of sp³-hybridized carbons (Fsp3) is 0.455. The lowest BCUT2D eigenvalue weighted by Gasteiger charge is -2.13. The number of rotatable bonds is 9. The zero-order valence-corrected chi connectivity index (χ0v) is 15.7. The average molecular weight is 354 g/mol. The summed E-state index contributed by atoms with van der Waals surface area (Å²) < 4.78 is 5.95. The maximum Gasteiger partial charge on any atom is 0.119 e. The van der Waals surface area contributed by atoms with Crippen molar-refractivity contribution in [3.05, 3.63) is 59.7 Å². The number of hydrogen-bond donors (Lipinski definition) is 3. The van der Waals surface area contributed by atoms with E-state index < -0.39 is 0 Å². The molecule has 26 heavy (non-hydrogen) atoms. The van der Waals surface area contributed by atoms with Crippen LogP contribution >= 0.6 is 0 Å². The van der Waals surface area contributed by atoms with E-state index in [1.807, 2.05) is 24.3 Å². The van der Waals surface area contributed by atoms with Crippen LogP contribution < -0.4 is 21.3 Å². The van der Waals surface area contributed by atoms with Gasteiger partial charge in [-0.05, 0) is 42.2 Å². The van der Waals surface area contributed by atoms with E-state index in [0.29, 0.717) is 0 Å². The third-order valence-corrected chi connectivity index (χ3v) is 5.05. The van der Waals surface area contributed by atoms with Crippen LogP contribution in [0.25, 0.3) is 0 Å². The average Bonchev–Trinajstić information content (AvgIpc) is 3.15. The van der Waals surface area contributed by atoms with Crippen molar-refractivity contribution in [1.29, 1.82) is 0 Å². The number of para-hydroxylation sites is 1. The van der Waals surface area contributed by atoms with Crippen LogP contribution in [0.4, 0.5) is 5.69 Å². The number of benzene rings is 2. The van der Waals surface area contributed by atoms with Crippen molar-refractivity contribution in [3.63, 3.8) is 0 Å². The largest absolute Gasteiger partial charge is 0.494 e. The summed E-state index contributed by atoms with van der Waals surface area (Å²) >= 11 is 0. The Morgan fingerprint density at radius 3 is 2.62 bits per heavy atom. The van der Waals surface area contributed by atoms with Crippen LogP contribution in [0, 0.1) is 0 Å². The Labute approximate surface area is 157 Å². The second-order valence-electron chi connectivity index (χ2n) is 7.09. The van der Waals surface area contributed by atoms with Crippen molar-refractivity contribution in [2.24, 2.45) is 0 Å². The molecule has 0 aromatic heterocycles. The highest BCUT2D eigenvalue weighted by Gasteiger charge is 2.27. The topological polar surface area (TPSA) is 59.3 Å². The molecule has 140 valence electrons. The number of nitrogens with one attached hydrogen (secondary N) is 2. The molecule has 2 aromatic rings. The highest BCUT2D eigenvalue weighted by atomic mass is 16.5. The third kappa shape index (κ3) is 4.99. The summed E-state index contributed by atoms with van der Waals surface area (Å²) in [4.78, 5) is 0. The quantitative estimate of drug-likeness (QED) is 0.443. The zero-order chi connectivity index (χ0) is 18.2. The molecule has 1 heterocycles. The normalized spacial score (nSPS) is 19.6. The molecule has 1 aliphatic rings. The van der Waals surface area contributed by atoms with Crippen LogP contribution in [-0.2, 0) is 0 Å². The number of hydrazine groups is 1. The summed E-state index contributed by atoms with van der Waals surface area (Å²) in [6.45, 7) is 3.04. The first kappa shape index (κ1) is 18.7. The first-order valence-corrected chi connectivity index (χ1v) is 9.86. The van der Waals surface area contributed by atoms with Gasteiger partial charge in [0, 0.05) is 11.7 Å². The maximum absolute atomic E-state index is 6.12. The Morgan fingerprint density at radius 2 is 1.77 bits per heavy atom. The minimum Gasteiger partial charge on any atom is -0.494 e. The predicted octanol–water partition coefficient (Wildman–Crippen LogP) is 4.90. The van der Waals surface area contributed by atoms with Crippen molar-refractivity contribution in [2.75, 3.05) is 12.3 Å². The van der Waals surface area contributed by atoms with Crippen molar-refractivity contribution >= 4 is 5.69 Å². The van der Waals surface area contributed by atoms with E-state index in [2.05, 4.69) is 42.0 Å². The summed E-state index contributed by atoms with van der Waals surface area (Å²) in [6.07, 6.45) is 7.25. The molecule has 0 radical (unpaired) electrons. The molecule has 2 aromatic carbocycles. The zero-order valence-electron chi connectivity index (χ0n) is 15.7. The third-order valence-electron chi connectivity index (χ3n) is 5.05. The highest BCUT2D eigenvalue weighted by molar-refractivity contribution is 5.48. The van der Waals surface area contributed by atoms with Gasteiger partial charge in [-0.25, -0.2) is 10.9 Å². The van der Waals surface area contributed by atoms with Gasteiger partial charge in [-0.3, -0.25) is 0 Å². The molecule has 0 spiro atoms. The van der Waals surface area contributed by atoms with Crippen LogP contribution in [0.3, 0.4) is 0 Å². The van der Waals surface area contributed by atoms with Gasteiger partial charge >= 0.3 is 0 Å². The van der Waals surface area contributed by atoms with Crippen molar-refractivity contribution in [2.45, 2.75) is 57.5 Å². The van der Waals surface area contributed by atoms with Gasteiger partial charge in [-0.2, -0.15) is 0 Å². The first-order valence-electron chi connectivity index (χ1n) is 9.86. The van der Waals surface area contributed by atoms with Gasteiger partial charge in [-0.1, -0.05) is 62.9 Å². The number of anilines is 1. The van der Waals surface area contributed by atoms with Gasteiger partial charge in [0.2, 0.25) is 0 Å². The van der Waals surface area contributed by atoms with Crippen LogP contribution in [0.1, 0.15) is 68.7 Å². The molecule has 4 heteroatoms.